The van der Waals surface area contributed by atoms with Crippen molar-refractivity contribution in [3.8, 4) is 0 Å². The average Bonchev–Trinajstić information content (AvgIpc) is 2.30. The van der Waals surface area contributed by atoms with E-state index < -0.39 is 5.97 Å². The Morgan fingerprint density at radius 2 is 2.00 bits per heavy atom. The summed E-state index contributed by atoms with van der Waals surface area (Å²) in [6.07, 6.45) is 4.91. The van der Waals surface area contributed by atoms with E-state index in [9.17, 15) is 9.90 Å². The van der Waals surface area contributed by atoms with Crippen LogP contribution in [0.5, 0.6) is 0 Å². The summed E-state index contributed by atoms with van der Waals surface area (Å²) in [6, 6.07) is 0.287. The van der Waals surface area contributed by atoms with Crippen LogP contribution in [0.25, 0.3) is 0 Å². The van der Waals surface area contributed by atoms with Crippen LogP contribution in [0.1, 0.15) is 32.6 Å². The Hall–Kier alpha value is -0.220. The lowest BCUT2D eigenvalue weighted by molar-refractivity contribution is -0.143. The Morgan fingerprint density at radius 3 is 2.62 bits per heavy atom. The molecule has 2 rings (SSSR count). The maximum atomic E-state index is 11.2. The van der Waals surface area contributed by atoms with Crippen molar-refractivity contribution in [2.24, 2.45) is 5.92 Å². The predicted octanol–water partition coefficient (Wildman–Crippen LogP) is 2.07. The van der Waals surface area contributed by atoms with Crippen LogP contribution in [0.3, 0.4) is 0 Å². The average molecular weight is 243 g/mol. The van der Waals surface area contributed by atoms with Crippen molar-refractivity contribution in [3.05, 3.63) is 0 Å². The van der Waals surface area contributed by atoms with Crippen LogP contribution in [-0.4, -0.2) is 46.1 Å². The molecule has 92 valence electrons. The van der Waals surface area contributed by atoms with Gasteiger partial charge in [0, 0.05) is 24.1 Å². The molecule has 1 atom stereocenters. The molecule has 0 amide bonds. The first-order valence-electron chi connectivity index (χ1n) is 6.24. The molecule has 2 fully saturated rings. The summed E-state index contributed by atoms with van der Waals surface area (Å²) in [5.74, 6) is 2.06. The van der Waals surface area contributed by atoms with E-state index in [1.807, 2.05) is 0 Å². The molecule has 1 aliphatic carbocycles. The van der Waals surface area contributed by atoms with Crippen LogP contribution in [0.15, 0.2) is 0 Å². The number of aliphatic carboxylic acids is 1. The van der Waals surface area contributed by atoms with Crippen LogP contribution in [-0.2, 0) is 4.79 Å². The number of hydrogen-bond donors (Lipinski definition) is 1. The van der Waals surface area contributed by atoms with Crippen LogP contribution < -0.4 is 0 Å². The predicted molar refractivity (Wildman–Crippen MR) is 66.9 cm³/mol. The van der Waals surface area contributed by atoms with E-state index in [1.54, 1.807) is 11.8 Å². The number of carboxylic acids is 1. The first kappa shape index (κ1) is 12.2. The number of nitrogens with zero attached hydrogens (tertiary/aromatic N) is 1. The molecule has 2 aliphatic rings. The number of hydrogen-bond acceptors (Lipinski definition) is 3. The van der Waals surface area contributed by atoms with Crippen LogP contribution in [0, 0.1) is 5.92 Å². The second-order valence-electron chi connectivity index (χ2n) is 5.08. The van der Waals surface area contributed by atoms with Gasteiger partial charge in [-0.2, -0.15) is 11.8 Å². The minimum absolute atomic E-state index is 0.239. The molecule has 0 aromatic rings. The third-order valence-corrected chi connectivity index (χ3v) is 4.93. The van der Waals surface area contributed by atoms with E-state index in [0.717, 1.165) is 24.0 Å². The highest BCUT2D eigenvalue weighted by Crippen LogP contribution is 2.30. The fraction of sp³-hybridized carbons (Fsp3) is 0.917. The Balaban J connectivity index is 1.97. The van der Waals surface area contributed by atoms with E-state index in [1.165, 1.54) is 25.7 Å². The van der Waals surface area contributed by atoms with Gasteiger partial charge in [-0.05, 0) is 31.6 Å². The van der Waals surface area contributed by atoms with Gasteiger partial charge in [-0.3, -0.25) is 9.69 Å². The SMILES string of the molecule is CC1CCC(N2CCSCC2C(=O)O)CC1. The summed E-state index contributed by atoms with van der Waals surface area (Å²) >= 11 is 1.78. The zero-order valence-corrected chi connectivity index (χ0v) is 10.7. The molecule has 0 bridgehead atoms. The monoisotopic (exact) mass is 243 g/mol. The Bertz CT molecular complexity index is 251. The van der Waals surface area contributed by atoms with E-state index in [0.29, 0.717) is 6.04 Å². The van der Waals surface area contributed by atoms with Crippen molar-refractivity contribution in [1.82, 2.24) is 4.90 Å². The summed E-state index contributed by atoms with van der Waals surface area (Å²) in [5, 5.41) is 9.24. The lowest BCUT2D eigenvalue weighted by atomic mass is 9.86. The highest BCUT2D eigenvalue weighted by Gasteiger charge is 2.34. The number of rotatable bonds is 2. The molecule has 3 nitrogen and oxygen atoms in total. The maximum absolute atomic E-state index is 11.2. The summed E-state index contributed by atoms with van der Waals surface area (Å²) in [6.45, 7) is 3.26. The van der Waals surface area contributed by atoms with Crippen LogP contribution >= 0.6 is 11.8 Å². The fourth-order valence-corrected chi connectivity index (χ4v) is 3.90. The second kappa shape index (κ2) is 5.41. The standard InChI is InChI=1S/C12H21NO2S/c1-9-2-4-10(5-3-9)13-6-7-16-8-11(13)12(14)15/h9-11H,2-8H2,1H3,(H,14,15). The molecule has 1 heterocycles. The van der Waals surface area contributed by atoms with Crippen molar-refractivity contribution in [2.45, 2.75) is 44.7 Å². The van der Waals surface area contributed by atoms with Gasteiger partial charge in [-0.15, -0.1) is 0 Å². The molecule has 4 heteroatoms. The Labute approximate surface area is 102 Å². The smallest absolute Gasteiger partial charge is 0.321 e. The second-order valence-corrected chi connectivity index (χ2v) is 6.23. The van der Waals surface area contributed by atoms with E-state index in [-0.39, 0.29) is 6.04 Å². The molecule has 1 unspecified atom stereocenters. The van der Waals surface area contributed by atoms with Gasteiger partial charge >= 0.3 is 5.97 Å². The van der Waals surface area contributed by atoms with E-state index in [4.69, 9.17) is 0 Å². The first-order valence-corrected chi connectivity index (χ1v) is 7.40. The molecule has 1 N–H and O–H groups in total. The van der Waals surface area contributed by atoms with Crippen molar-refractivity contribution in [2.75, 3.05) is 18.1 Å². The van der Waals surface area contributed by atoms with Crippen molar-refractivity contribution in [3.63, 3.8) is 0 Å². The van der Waals surface area contributed by atoms with Gasteiger partial charge in [0.15, 0.2) is 0 Å². The minimum atomic E-state index is -0.633. The van der Waals surface area contributed by atoms with Crippen LogP contribution in [0.2, 0.25) is 0 Å². The number of carboxylic acid groups (broad SMARTS) is 1. The zero-order valence-electron chi connectivity index (χ0n) is 9.89. The molecule has 0 aromatic carbocycles. The quantitative estimate of drug-likeness (QED) is 0.806. The van der Waals surface area contributed by atoms with E-state index >= 15 is 0 Å². The highest BCUT2D eigenvalue weighted by molar-refractivity contribution is 7.99. The van der Waals surface area contributed by atoms with Gasteiger partial charge in [-0.1, -0.05) is 6.92 Å². The van der Waals surface area contributed by atoms with E-state index in [2.05, 4.69) is 11.8 Å². The van der Waals surface area contributed by atoms with Gasteiger partial charge in [0.2, 0.25) is 0 Å². The van der Waals surface area contributed by atoms with Gasteiger partial charge in [0.25, 0.3) is 0 Å². The first-order chi connectivity index (χ1) is 7.68. The molecular formula is C12H21NO2S. The highest BCUT2D eigenvalue weighted by atomic mass is 32.2. The summed E-state index contributed by atoms with van der Waals surface area (Å²) < 4.78 is 0. The lowest BCUT2D eigenvalue weighted by Gasteiger charge is -2.41. The van der Waals surface area contributed by atoms with Crippen molar-refractivity contribution >= 4 is 17.7 Å². The molecule has 1 saturated carbocycles. The third-order valence-electron chi connectivity index (χ3n) is 3.91. The molecular weight excluding hydrogens is 222 g/mol. The molecule has 0 radical (unpaired) electrons. The van der Waals surface area contributed by atoms with Crippen LogP contribution in [0.4, 0.5) is 0 Å². The molecule has 1 saturated heterocycles. The third kappa shape index (κ3) is 2.72. The largest absolute Gasteiger partial charge is 0.480 e. The summed E-state index contributed by atoms with van der Waals surface area (Å²) in [4.78, 5) is 13.5. The van der Waals surface area contributed by atoms with Gasteiger partial charge in [0.1, 0.15) is 6.04 Å². The van der Waals surface area contributed by atoms with Gasteiger partial charge in [0.05, 0.1) is 0 Å². The normalized spacial score (nSPS) is 37.2. The van der Waals surface area contributed by atoms with Crippen molar-refractivity contribution < 1.29 is 9.90 Å². The maximum Gasteiger partial charge on any atom is 0.321 e. The Morgan fingerprint density at radius 1 is 1.31 bits per heavy atom. The summed E-state index contributed by atoms with van der Waals surface area (Å²) in [5.41, 5.74) is 0. The molecule has 0 aromatic heterocycles. The lowest BCUT2D eigenvalue weighted by Crippen LogP contribution is -2.53. The number of carbonyl (C=O) groups is 1. The molecule has 16 heavy (non-hydrogen) atoms. The fourth-order valence-electron chi connectivity index (χ4n) is 2.84. The van der Waals surface area contributed by atoms with Gasteiger partial charge < -0.3 is 5.11 Å². The minimum Gasteiger partial charge on any atom is -0.480 e. The van der Waals surface area contributed by atoms with Crippen molar-refractivity contribution in [1.29, 1.82) is 0 Å². The topological polar surface area (TPSA) is 40.5 Å². The molecule has 0 spiro atoms. The number of thioether (sulfide) groups is 1. The Kier molecular flexibility index (Phi) is 4.14. The molecule has 1 aliphatic heterocycles. The summed E-state index contributed by atoms with van der Waals surface area (Å²) in [7, 11) is 0. The van der Waals surface area contributed by atoms with Gasteiger partial charge in [-0.25, -0.2) is 0 Å². The zero-order chi connectivity index (χ0) is 11.5.